The van der Waals surface area contributed by atoms with E-state index in [-0.39, 0.29) is 24.3 Å². The smallest absolute Gasteiger partial charge is 0.226 e. The van der Waals surface area contributed by atoms with E-state index < -0.39 is 0 Å². The maximum atomic E-state index is 12.3. The van der Waals surface area contributed by atoms with Crippen molar-refractivity contribution in [3.63, 3.8) is 0 Å². The van der Waals surface area contributed by atoms with E-state index in [9.17, 15) is 9.59 Å². The first-order valence-corrected chi connectivity index (χ1v) is 7.31. The molecule has 0 aromatic heterocycles. The Balaban J connectivity index is 2.17. The fraction of sp³-hybridized carbons (Fsp3) is 0.222. The molecule has 0 radical (unpaired) electrons. The van der Waals surface area contributed by atoms with Crippen molar-refractivity contribution in [2.24, 2.45) is 0 Å². The number of anilines is 2. The molecule has 1 aliphatic heterocycles. The van der Waals surface area contributed by atoms with Gasteiger partial charge in [-0.1, -0.05) is 36.4 Å². The topological polar surface area (TPSA) is 49.4 Å². The number of carbonyl (C=O) groups excluding carboxylic acids is 2. The van der Waals surface area contributed by atoms with Crippen LogP contribution in [0.25, 0.3) is 0 Å². The van der Waals surface area contributed by atoms with Crippen LogP contribution >= 0.6 is 0 Å². The number of fused-ring (bicyclic) bond motifs is 1. The molecule has 3 rings (SSSR count). The van der Waals surface area contributed by atoms with Crippen molar-refractivity contribution in [2.45, 2.75) is 26.3 Å². The Hall–Kier alpha value is -2.62. The van der Waals surface area contributed by atoms with Crippen LogP contribution in [0.3, 0.4) is 0 Å². The number of hydrogen-bond donors (Lipinski definition) is 1. The van der Waals surface area contributed by atoms with E-state index in [0.717, 1.165) is 16.8 Å². The van der Waals surface area contributed by atoms with Crippen LogP contribution < -0.4 is 10.2 Å². The van der Waals surface area contributed by atoms with Crippen molar-refractivity contribution in [2.75, 3.05) is 10.2 Å². The van der Waals surface area contributed by atoms with E-state index in [2.05, 4.69) is 5.32 Å². The molecule has 2 aromatic carbocycles. The van der Waals surface area contributed by atoms with Gasteiger partial charge in [0.15, 0.2) is 0 Å². The van der Waals surface area contributed by atoms with E-state index in [1.165, 1.54) is 6.92 Å². The highest BCUT2D eigenvalue weighted by Crippen LogP contribution is 2.38. The molecule has 4 nitrogen and oxygen atoms in total. The highest BCUT2D eigenvalue weighted by molar-refractivity contribution is 6.04. The summed E-state index contributed by atoms with van der Waals surface area (Å²) in [5.74, 6) is -0.153. The summed E-state index contributed by atoms with van der Waals surface area (Å²) in [6.07, 6.45) is 0.247. The van der Waals surface area contributed by atoms with Gasteiger partial charge < -0.3 is 10.2 Å². The van der Waals surface area contributed by atoms with E-state index in [1.807, 2.05) is 55.5 Å². The Bertz CT molecular complexity index is 725. The summed E-state index contributed by atoms with van der Waals surface area (Å²) < 4.78 is 0. The van der Waals surface area contributed by atoms with Crippen LogP contribution in [0.4, 0.5) is 11.4 Å². The molecule has 0 bridgehead atoms. The molecule has 4 heteroatoms. The SMILES string of the molecule is CC(=O)N1c2cc(C)ccc2NC(=O)C[C@H]1c1ccccc1. The quantitative estimate of drug-likeness (QED) is 0.876. The molecule has 0 saturated carbocycles. The van der Waals surface area contributed by atoms with E-state index >= 15 is 0 Å². The molecule has 2 aromatic rings. The predicted molar refractivity (Wildman–Crippen MR) is 86.8 cm³/mol. The summed E-state index contributed by atoms with van der Waals surface area (Å²) in [7, 11) is 0. The van der Waals surface area contributed by atoms with Gasteiger partial charge in [0.05, 0.1) is 23.8 Å². The number of nitrogens with zero attached hydrogens (tertiary/aromatic N) is 1. The third-order valence-electron chi connectivity index (χ3n) is 3.90. The maximum absolute atomic E-state index is 12.3. The first kappa shape index (κ1) is 14.3. The normalized spacial score (nSPS) is 17.5. The van der Waals surface area contributed by atoms with Gasteiger partial charge in [0.25, 0.3) is 0 Å². The second-order valence-corrected chi connectivity index (χ2v) is 5.59. The van der Waals surface area contributed by atoms with Crippen molar-refractivity contribution in [3.05, 3.63) is 59.7 Å². The van der Waals surface area contributed by atoms with Gasteiger partial charge in [-0.2, -0.15) is 0 Å². The van der Waals surface area contributed by atoms with Crippen LogP contribution in [0.15, 0.2) is 48.5 Å². The Morgan fingerprint density at radius 3 is 2.59 bits per heavy atom. The lowest BCUT2D eigenvalue weighted by Gasteiger charge is -2.30. The minimum Gasteiger partial charge on any atom is -0.324 e. The molecule has 0 unspecified atom stereocenters. The molecule has 1 atom stereocenters. The van der Waals surface area contributed by atoms with Gasteiger partial charge >= 0.3 is 0 Å². The second kappa shape index (κ2) is 5.64. The zero-order chi connectivity index (χ0) is 15.7. The molecule has 22 heavy (non-hydrogen) atoms. The van der Waals surface area contributed by atoms with Crippen LogP contribution in [-0.4, -0.2) is 11.8 Å². The number of amides is 2. The molecule has 0 spiro atoms. The largest absolute Gasteiger partial charge is 0.324 e. The Morgan fingerprint density at radius 1 is 1.18 bits per heavy atom. The van der Waals surface area contributed by atoms with Crippen LogP contribution in [0, 0.1) is 6.92 Å². The van der Waals surface area contributed by atoms with Gasteiger partial charge in [-0.05, 0) is 30.2 Å². The summed E-state index contributed by atoms with van der Waals surface area (Å²) in [6, 6.07) is 15.1. The summed E-state index contributed by atoms with van der Waals surface area (Å²) in [5.41, 5.74) is 3.45. The summed E-state index contributed by atoms with van der Waals surface area (Å²) in [5, 5.41) is 2.90. The summed E-state index contributed by atoms with van der Waals surface area (Å²) >= 11 is 0. The summed E-state index contributed by atoms with van der Waals surface area (Å²) in [6.45, 7) is 3.51. The third kappa shape index (κ3) is 2.60. The minimum absolute atomic E-state index is 0.0720. The van der Waals surface area contributed by atoms with Gasteiger partial charge in [-0.15, -0.1) is 0 Å². The second-order valence-electron chi connectivity index (χ2n) is 5.59. The average molecular weight is 294 g/mol. The van der Waals surface area contributed by atoms with E-state index in [4.69, 9.17) is 0 Å². The van der Waals surface area contributed by atoms with Gasteiger partial charge in [-0.3, -0.25) is 9.59 Å². The fourth-order valence-electron chi connectivity index (χ4n) is 2.91. The molecule has 2 amide bonds. The number of aryl methyl sites for hydroxylation is 1. The van der Waals surface area contributed by atoms with Crippen molar-refractivity contribution < 1.29 is 9.59 Å². The third-order valence-corrected chi connectivity index (χ3v) is 3.90. The Labute approximate surface area is 129 Å². The molecule has 1 heterocycles. The fourth-order valence-corrected chi connectivity index (χ4v) is 2.91. The number of rotatable bonds is 1. The molecule has 112 valence electrons. The standard InChI is InChI=1S/C18H18N2O2/c1-12-8-9-15-17(10-12)20(13(2)21)16(11-18(22)19-15)14-6-4-3-5-7-14/h3-10,16H,11H2,1-2H3,(H,19,22)/t16-/m0/s1. The molecular weight excluding hydrogens is 276 g/mol. The first-order chi connectivity index (χ1) is 10.6. The number of nitrogens with one attached hydrogen (secondary N) is 1. The number of benzene rings is 2. The monoisotopic (exact) mass is 294 g/mol. The lowest BCUT2D eigenvalue weighted by Crippen LogP contribution is -2.33. The lowest BCUT2D eigenvalue weighted by molar-refractivity contribution is -0.118. The first-order valence-electron chi connectivity index (χ1n) is 7.31. The molecule has 1 N–H and O–H groups in total. The number of hydrogen-bond acceptors (Lipinski definition) is 2. The van der Waals surface area contributed by atoms with Crippen molar-refractivity contribution in [1.29, 1.82) is 0 Å². The minimum atomic E-state index is -0.290. The van der Waals surface area contributed by atoms with Crippen molar-refractivity contribution >= 4 is 23.2 Å². The highest BCUT2D eigenvalue weighted by Gasteiger charge is 2.31. The number of carbonyl (C=O) groups is 2. The zero-order valence-corrected chi connectivity index (χ0v) is 12.7. The van der Waals surface area contributed by atoms with E-state index in [0.29, 0.717) is 5.69 Å². The van der Waals surface area contributed by atoms with Crippen LogP contribution in [-0.2, 0) is 9.59 Å². The molecular formula is C18H18N2O2. The van der Waals surface area contributed by atoms with E-state index in [1.54, 1.807) is 4.90 Å². The molecule has 1 aliphatic rings. The maximum Gasteiger partial charge on any atom is 0.226 e. The van der Waals surface area contributed by atoms with Crippen molar-refractivity contribution in [1.82, 2.24) is 0 Å². The Kier molecular flexibility index (Phi) is 3.67. The van der Waals surface area contributed by atoms with Gasteiger partial charge in [0.1, 0.15) is 0 Å². The van der Waals surface area contributed by atoms with Gasteiger partial charge in [0.2, 0.25) is 11.8 Å². The van der Waals surface area contributed by atoms with Crippen molar-refractivity contribution in [3.8, 4) is 0 Å². The van der Waals surface area contributed by atoms with Gasteiger partial charge in [0, 0.05) is 6.92 Å². The zero-order valence-electron chi connectivity index (χ0n) is 12.7. The van der Waals surface area contributed by atoms with Crippen LogP contribution in [0.5, 0.6) is 0 Å². The lowest BCUT2D eigenvalue weighted by atomic mass is 10.0. The summed E-state index contributed by atoms with van der Waals surface area (Å²) in [4.78, 5) is 26.3. The average Bonchev–Trinajstić information content (AvgIpc) is 2.63. The van der Waals surface area contributed by atoms with Crippen LogP contribution in [0.1, 0.15) is 30.5 Å². The van der Waals surface area contributed by atoms with Gasteiger partial charge in [-0.25, -0.2) is 0 Å². The molecule has 0 aliphatic carbocycles. The highest BCUT2D eigenvalue weighted by atomic mass is 16.2. The Morgan fingerprint density at radius 2 is 1.91 bits per heavy atom. The molecule has 0 fully saturated rings. The predicted octanol–water partition coefficient (Wildman–Crippen LogP) is 3.43. The van der Waals surface area contributed by atoms with Crippen LogP contribution in [0.2, 0.25) is 0 Å². The molecule has 0 saturated heterocycles.